The van der Waals surface area contributed by atoms with Gasteiger partial charge in [-0.2, -0.15) is 0 Å². The quantitative estimate of drug-likeness (QED) is 0.242. The fourth-order valence-corrected chi connectivity index (χ4v) is 6.98. The number of carbonyl (C=O) groups excluding carboxylic acids is 2. The summed E-state index contributed by atoms with van der Waals surface area (Å²) in [6.07, 6.45) is 1.52. The van der Waals surface area contributed by atoms with E-state index in [-0.39, 0.29) is 35.7 Å². The predicted octanol–water partition coefficient (Wildman–Crippen LogP) is 1.42. The van der Waals surface area contributed by atoms with E-state index < -0.39 is 44.9 Å². The normalized spacial score (nSPS) is 28.9. The minimum absolute atomic E-state index is 0.0378. The number of amides is 2. The maximum atomic E-state index is 13.7. The number of phenolic OH excluding ortho intramolecular Hbond substituents is 1. The molecule has 2 aliphatic heterocycles. The summed E-state index contributed by atoms with van der Waals surface area (Å²) in [5.74, 6) is -2.64. The van der Waals surface area contributed by atoms with Crippen molar-refractivity contribution < 1.29 is 24.2 Å². The van der Waals surface area contributed by atoms with E-state index >= 15 is 0 Å². The molecule has 1 saturated heterocycles. The smallest absolute Gasteiger partial charge is 0.347 e. The Morgan fingerprint density at radius 3 is 2.25 bits per heavy atom. The number of phenols is 1. The number of halogens is 3. The summed E-state index contributed by atoms with van der Waals surface area (Å²) in [5, 5.41) is 10.5. The van der Waals surface area contributed by atoms with Gasteiger partial charge in [-0.1, -0.05) is 22.0 Å². The summed E-state index contributed by atoms with van der Waals surface area (Å²) >= 11 is 17.4. The monoisotopic (exact) mass is 602 g/mol. The zero-order chi connectivity index (χ0) is 26.3. The molecular weight excluding hydrogens is 583 g/mol. The fourth-order valence-electron chi connectivity index (χ4n) is 5.58. The number of hydrogen-bond acceptors (Lipinski definition) is 7. The molecule has 3 aliphatic rings. The Hall–Kier alpha value is -2.70. The van der Waals surface area contributed by atoms with Gasteiger partial charge in [-0.25, -0.2) is 23.5 Å². The lowest BCUT2D eigenvalue weighted by molar-refractivity contribution is -0.138. The standard InChI is InChI=1S/C22H21BrCl2N4O7/c1-26-19(33)28-5-4-11-12(29(28)20(26)34)8-21(24)17(31)27(9-23)18(32)22(21,25)15(11)10-6-13(35-2)16(30)14(7-10)36-3/h4,6-7,12,15,30H,5,8-9H2,1-3H3/t12-,15+,21-,22+/m1/s1. The van der Waals surface area contributed by atoms with Crippen LogP contribution in [0.2, 0.25) is 0 Å². The molecule has 5 rings (SSSR count). The van der Waals surface area contributed by atoms with Gasteiger partial charge in [0.2, 0.25) is 5.75 Å². The second-order valence-corrected chi connectivity index (χ2v) is 10.6. The van der Waals surface area contributed by atoms with E-state index in [1.54, 1.807) is 6.08 Å². The summed E-state index contributed by atoms with van der Waals surface area (Å²) in [6.45, 7) is 0.0378. The van der Waals surface area contributed by atoms with Gasteiger partial charge in [-0.3, -0.25) is 14.5 Å². The number of hydrogen-bond donors (Lipinski definition) is 1. The third kappa shape index (κ3) is 2.86. The average Bonchev–Trinajstić information content (AvgIpc) is 3.17. The van der Waals surface area contributed by atoms with Crippen LogP contribution in [0, 0.1) is 0 Å². The van der Waals surface area contributed by atoms with Crippen molar-refractivity contribution in [3.05, 3.63) is 50.3 Å². The molecule has 36 heavy (non-hydrogen) atoms. The molecule has 11 nitrogen and oxygen atoms in total. The molecule has 2 aromatic rings. The van der Waals surface area contributed by atoms with Crippen LogP contribution >= 0.6 is 39.1 Å². The van der Waals surface area contributed by atoms with Crippen molar-refractivity contribution in [1.82, 2.24) is 18.8 Å². The third-order valence-electron chi connectivity index (χ3n) is 7.31. The van der Waals surface area contributed by atoms with Crippen LogP contribution in [0.4, 0.5) is 0 Å². The minimum Gasteiger partial charge on any atom is -0.502 e. The van der Waals surface area contributed by atoms with Crippen LogP contribution in [-0.2, 0) is 23.2 Å². The molecule has 1 N–H and O–H groups in total. The highest BCUT2D eigenvalue weighted by molar-refractivity contribution is 9.09. The van der Waals surface area contributed by atoms with Crippen LogP contribution in [0.15, 0.2) is 33.4 Å². The van der Waals surface area contributed by atoms with Crippen LogP contribution in [-0.4, -0.2) is 65.2 Å². The Bertz CT molecular complexity index is 1450. The van der Waals surface area contributed by atoms with Crippen molar-refractivity contribution >= 4 is 50.9 Å². The summed E-state index contributed by atoms with van der Waals surface area (Å²) < 4.78 is 14.1. The maximum absolute atomic E-state index is 13.7. The molecule has 192 valence electrons. The van der Waals surface area contributed by atoms with Crippen LogP contribution < -0.4 is 20.9 Å². The van der Waals surface area contributed by atoms with Crippen LogP contribution in [0.5, 0.6) is 17.2 Å². The molecule has 2 fully saturated rings. The van der Waals surface area contributed by atoms with E-state index in [1.807, 2.05) is 0 Å². The molecule has 14 heteroatoms. The highest BCUT2D eigenvalue weighted by atomic mass is 79.9. The Morgan fingerprint density at radius 2 is 1.69 bits per heavy atom. The molecule has 3 heterocycles. The summed E-state index contributed by atoms with van der Waals surface area (Å²) in [5.41, 5.74) is -0.354. The van der Waals surface area contributed by atoms with Crippen LogP contribution in [0.25, 0.3) is 0 Å². The first-order chi connectivity index (χ1) is 17.0. The Morgan fingerprint density at radius 1 is 1.08 bits per heavy atom. The molecule has 0 bridgehead atoms. The molecule has 1 aliphatic carbocycles. The van der Waals surface area contributed by atoms with E-state index in [0.717, 1.165) is 9.47 Å². The Kier molecular flexibility index (Phi) is 5.66. The number of imide groups is 1. The van der Waals surface area contributed by atoms with Crippen molar-refractivity contribution in [3.63, 3.8) is 0 Å². The van der Waals surface area contributed by atoms with Gasteiger partial charge in [0.25, 0.3) is 11.8 Å². The highest BCUT2D eigenvalue weighted by Gasteiger charge is 2.75. The molecule has 0 radical (unpaired) electrons. The molecule has 1 aromatic heterocycles. The number of ether oxygens (including phenoxy) is 2. The van der Waals surface area contributed by atoms with Crippen molar-refractivity contribution in [3.8, 4) is 17.2 Å². The topological polar surface area (TPSA) is 125 Å². The summed E-state index contributed by atoms with van der Waals surface area (Å²) in [7, 11) is 4.06. The average molecular weight is 604 g/mol. The molecule has 4 atom stereocenters. The van der Waals surface area contributed by atoms with Gasteiger partial charge >= 0.3 is 11.4 Å². The second kappa shape index (κ2) is 8.15. The first-order valence-electron chi connectivity index (χ1n) is 10.8. The molecule has 1 aromatic carbocycles. The minimum atomic E-state index is -1.99. The van der Waals surface area contributed by atoms with Crippen molar-refractivity contribution in [2.24, 2.45) is 7.05 Å². The number of nitrogens with zero attached hydrogens (tertiary/aromatic N) is 4. The zero-order valence-corrected chi connectivity index (χ0v) is 22.4. The van der Waals surface area contributed by atoms with Crippen molar-refractivity contribution in [1.29, 1.82) is 0 Å². The van der Waals surface area contributed by atoms with Gasteiger partial charge in [0.1, 0.15) is 0 Å². The molecule has 0 unspecified atom stereocenters. The number of rotatable bonds is 4. The van der Waals surface area contributed by atoms with Crippen molar-refractivity contribution in [2.75, 3.05) is 19.7 Å². The molecule has 2 amide bonds. The van der Waals surface area contributed by atoms with E-state index in [4.69, 9.17) is 32.7 Å². The van der Waals surface area contributed by atoms with E-state index in [2.05, 4.69) is 15.9 Å². The summed E-state index contributed by atoms with van der Waals surface area (Å²) in [4.78, 5) is 50.0. The number of likely N-dealkylation sites (tertiary alicyclic amines) is 1. The first kappa shape index (κ1) is 25.0. The van der Waals surface area contributed by atoms with Gasteiger partial charge in [-0.15, -0.1) is 23.2 Å². The predicted molar refractivity (Wildman–Crippen MR) is 132 cm³/mol. The zero-order valence-electron chi connectivity index (χ0n) is 19.3. The number of carbonyl (C=O) groups is 2. The lowest BCUT2D eigenvalue weighted by Crippen LogP contribution is -2.59. The number of aromatic hydroxyl groups is 1. The highest BCUT2D eigenvalue weighted by Crippen LogP contribution is 2.64. The summed E-state index contributed by atoms with van der Waals surface area (Å²) in [6, 6.07) is 2.11. The van der Waals surface area contributed by atoms with Gasteiger partial charge in [0.05, 0.1) is 32.3 Å². The Balaban J connectivity index is 1.84. The number of benzene rings is 1. The number of allylic oxidation sites excluding steroid dienone is 2. The van der Waals surface area contributed by atoms with Crippen LogP contribution in [0.1, 0.15) is 23.9 Å². The van der Waals surface area contributed by atoms with Crippen molar-refractivity contribution in [2.45, 2.75) is 34.7 Å². The number of aromatic nitrogens is 3. The number of alkyl halides is 3. The van der Waals surface area contributed by atoms with Crippen LogP contribution in [0.3, 0.4) is 0 Å². The maximum Gasteiger partial charge on any atom is 0.347 e. The number of fused-ring (bicyclic) bond motifs is 4. The fraction of sp³-hybridized carbons (Fsp3) is 0.455. The van der Waals surface area contributed by atoms with E-state index in [0.29, 0.717) is 11.1 Å². The molecule has 0 spiro atoms. The largest absolute Gasteiger partial charge is 0.502 e. The van der Waals surface area contributed by atoms with Gasteiger partial charge in [0, 0.05) is 19.4 Å². The third-order valence-corrected chi connectivity index (χ3v) is 9.22. The first-order valence-corrected chi connectivity index (χ1v) is 12.7. The lowest BCUT2D eigenvalue weighted by atomic mass is 9.64. The van der Waals surface area contributed by atoms with E-state index in [9.17, 15) is 24.3 Å². The SMILES string of the molecule is COc1cc([C@H]2C3=CCn4c(=O)n(C)c(=O)n4[C@@H]3C[C@@]3(Cl)C(=O)N(CBr)C(=O)[C@@]23Cl)cc(OC)c1O. The number of methoxy groups -OCH3 is 2. The van der Waals surface area contributed by atoms with Gasteiger partial charge < -0.3 is 14.6 Å². The van der Waals surface area contributed by atoms with E-state index in [1.165, 1.54) is 42.8 Å². The van der Waals surface area contributed by atoms with Gasteiger partial charge in [0.15, 0.2) is 21.2 Å². The molecule has 1 saturated carbocycles. The second-order valence-electron chi connectivity index (χ2n) is 8.85. The lowest BCUT2D eigenvalue weighted by Gasteiger charge is -2.49. The van der Waals surface area contributed by atoms with Gasteiger partial charge in [-0.05, 0) is 23.3 Å². The molecular formula is C22H21BrCl2N4O7. The Labute approximate surface area is 222 Å².